The Bertz CT molecular complexity index is 584. The standard InChI is InChI=1S/C19H29BrN4O2/c1-3-21-19(24-13-9-17(10-14-24)26-4-2)23-12-11-22-18(25)15-5-7-16(20)8-6-15/h5-8,17H,3-4,9-14H2,1-2H3,(H,21,23)(H,22,25). The highest BCUT2D eigenvalue weighted by Gasteiger charge is 2.21. The molecule has 1 saturated heterocycles. The zero-order chi connectivity index (χ0) is 18.8. The van der Waals surface area contributed by atoms with Crippen molar-refractivity contribution in [3.05, 3.63) is 34.3 Å². The average molecular weight is 425 g/mol. The highest BCUT2D eigenvalue weighted by molar-refractivity contribution is 9.10. The van der Waals surface area contributed by atoms with Crippen LogP contribution in [0.4, 0.5) is 0 Å². The number of halogens is 1. The van der Waals surface area contributed by atoms with Crippen LogP contribution in [0.3, 0.4) is 0 Å². The number of hydrogen-bond donors (Lipinski definition) is 2. The third-order valence-corrected chi connectivity index (χ3v) is 4.77. The van der Waals surface area contributed by atoms with Crippen LogP contribution in [0, 0.1) is 0 Å². The Morgan fingerprint density at radius 2 is 1.92 bits per heavy atom. The Balaban J connectivity index is 1.79. The Morgan fingerprint density at radius 1 is 1.23 bits per heavy atom. The van der Waals surface area contributed by atoms with Gasteiger partial charge in [-0.25, -0.2) is 0 Å². The van der Waals surface area contributed by atoms with Crippen LogP contribution in [0.25, 0.3) is 0 Å². The second kappa shape index (κ2) is 11.2. The van der Waals surface area contributed by atoms with E-state index in [1.165, 1.54) is 0 Å². The number of nitrogens with one attached hydrogen (secondary N) is 2. The molecule has 1 fully saturated rings. The molecule has 1 heterocycles. The van der Waals surface area contributed by atoms with Crippen molar-refractivity contribution in [1.29, 1.82) is 0 Å². The summed E-state index contributed by atoms with van der Waals surface area (Å²) >= 11 is 3.37. The molecule has 144 valence electrons. The van der Waals surface area contributed by atoms with Gasteiger partial charge in [-0.1, -0.05) is 15.9 Å². The molecule has 0 saturated carbocycles. The number of carbonyl (C=O) groups excluding carboxylic acids is 1. The molecule has 0 radical (unpaired) electrons. The summed E-state index contributed by atoms with van der Waals surface area (Å²) in [5.41, 5.74) is 0.655. The number of likely N-dealkylation sites (tertiary alicyclic amines) is 1. The maximum Gasteiger partial charge on any atom is 0.251 e. The number of nitrogens with zero attached hydrogens (tertiary/aromatic N) is 2. The van der Waals surface area contributed by atoms with E-state index in [0.717, 1.165) is 49.5 Å². The molecule has 1 amide bonds. The maximum atomic E-state index is 12.1. The molecule has 6 nitrogen and oxygen atoms in total. The largest absolute Gasteiger partial charge is 0.378 e. The van der Waals surface area contributed by atoms with Gasteiger partial charge in [0.1, 0.15) is 0 Å². The first-order chi connectivity index (χ1) is 12.6. The fraction of sp³-hybridized carbons (Fsp3) is 0.579. The van der Waals surface area contributed by atoms with E-state index in [-0.39, 0.29) is 5.91 Å². The summed E-state index contributed by atoms with van der Waals surface area (Å²) in [5.74, 6) is 0.843. The summed E-state index contributed by atoms with van der Waals surface area (Å²) in [4.78, 5) is 19.0. The minimum atomic E-state index is -0.0739. The molecule has 0 aliphatic carbocycles. The fourth-order valence-corrected chi connectivity index (χ4v) is 3.19. The van der Waals surface area contributed by atoms with Crippen molar-refractivity contribution >= 4 is 27.8 Å². The molecule has 0 spiro atoms. The van der Waals surface area contributed by atoms with Crippen LogP contribution in [-0.2, 0) is 4.74 Å². The Morgan fingerprint density at radius 3 is 2.54 bits per heavy atom. The van der Waals surface area contributed by atoms with Gasteiger partial charge in [-0.05, 0) is 51.0 Å². The Kier molecular flexibility index (Phi) is 8.91. The lowest BCUT2D eigenvalue weighted by Crippen LogP contribution is -2.47. The van der Waals surface area contributed by atoms with Crippen molar-refractivity contribution in [2.24, 2.45) is 4.99 Å². The van der Waals surface area contributed by atoms with Gasteiger partial charge in [0.15, 0.2) is 5.96 Å². The molecule has 1 aromatic rings. The summed E-state index contributed by atoms with van der Waals surface area (Å²) in [6.07, 6.45) is 2.42. The quantitative estimate of drug-likeness (QED) is 0.401. The molecule has 1 aliphatic heterocycles. The van der Waals surface area contributed by atoms with E-state index in [4.69, 9.17) is 4.74 Å². The highest BCUT2D eigenvalue weighted by Crippen LogP contribution is 2.13. The lowest BCUT2D eigenvalue weighted by atomic mass is 10.1. The molecular formula is C19H29BrN4O2. The third kappa shape index (κ3) is 6.61. The molecule has 1 aliphatic rings. The number of aliphatic imine (C=N–C) groups is 1. The zero-order valence-corrected chi connectivity index (χ0v) is 17.2. The number of ether oxygens (including phenoxy) is 1. The van der Waals surface area contributed by atoms with E-state index >= 15 is 0 Å². The summed E-state index contributed by atoms with van der Waals surface area (Å²) in [6, 6.07) is 7.33. The van der Waals surface area contributed by atoms with Crippen LogP contribution in [0.15, 0.2) is 33.7 Å². The third-order valence-electron chi connectivity index (χ3n) is 4.24. The normalized spacial score (nSPS) is 15.8. The van der Waals surface area contributed by atoms with Gasteiger partial charge in [-0.15, -0.1) is 0 Å². The molecule has 0 aromatic heterocycles. The van der Waals surface area contributed by atoms with Crippen molar-refractivity contribution in [3.63, 3.8) is 0 Å². The number of piperidine rings is 1. The maximum absolute atomic E-state index is 12.1. The molecule has 2 N–H and O–H groups in total. The molecule has 0 bridgehead atoms. The topological polar surface area (TPSA) is 66.0 Å². The van der Waals surface area contributed by atoms with Gasteiger partial charge in [0.2, 0.25) is 0 Å². The number of guanidine groups is 1. The van der Waals surface area contributed by atoms with E-state index in [1.807, 2.05) is 19.1 Å². The highest BCUT2D eigenvalue weighted by atomic mass is 79.9. The van der Waals surface area contributed by atoms with Crippen molar-refractivity contribution in [1.82, 2.24) is 15.5 Å². The van der Waals surface area contributed by atoms with Crippen LogP contribution in [0.2, 0.25) is 0 Å². The van der Waals surface area contributed by atoms with Crippen molar-refractivity contribution < 1.29 is 9.53 Å². The van der Waals surface area contributed by atoms with Gasteiger partial charge in [-0.3, -0.25) is 9.79 Å². The van der Waals surface area contributed by atoms with E-state index in [0.29, 0.717) is 24.8 Å². The Labute approximate surface area is 164 Å². The second-order valence-corrected chi connectivity index (χ2v) is 7.06. The number of benzene rings is 1. The predicted octanol–water partition coefficient (Wildman–Crippen LogP) is 2.65. The molecule has 26 heavy (non-hydrogen) atoms. The lowest BCUT2D eigenvalue weighted by Gasteiger charge is -2.34. The van der Waals surface area contributed by atoms with E-state index < -0.39 is 0 Å². The predicted molar refractivity (Wildman–Crippen MR) is 109 cm³/mol. The summed E-state index contributed by atoms with van der Waals surface area (Å²) in [5, 5.41) is 6.26. The molecule has 7 heteroatoms. The van der Waals surface area contributed by atoms with Crippen LogP contribution in [0.5, 0.6) is 0 Å². The summed E-state index contributed by atoms with van der Waals surface area (Å²) in [6.45, 7) is 8.67. The smallest absolute Gasteiger partial charge is 0.251 e. The molecule has 0 atom stereocenters. The first-order valence-electron chi connectivity index (χ1n) is 9.32. The fourth-order valence-electron chi connectivity index (χ4n) is 2.93. The first-order valence-corrected chi connectivity index (χ1v) is 10.1. The molecule has 1 aromatic carbocycles. The van der Waals surface area contributed by atoms with Gasteiger partial charge in [0.05, 0.1) is 12.6 Å². The van der Waals surface area contributed by atoms with Gasteiger partial charge in [0, 0.05) is 42.8 Å². The van der Waals surface area contributed by atoms with Gasteiger partial charge in [0.25, 0.3) is 5.91 Å². The SMILES string of the molecule is CCNC(=NCCNC(=O)c1ccc(Br)cc1)N1CCC(OCC)CC1. The monoisotopic (exact) mass is 424 g/mol. The van der Waals surface area contributed by atoms with Crippen LogP contribution in [0.1, 0.15) is 37.0 Å². The van der Waals surface area contributed by atoms with Crippen LogP contribution >= 0.6 is 15.9 Å². The summed E-state index contributed by atoms with van der Waals surface area (Å²) < 4.78 is 6.67. The van der Waals surface area contributed by atoms with E-state index in [2.05, 4.69) is 43.4 Å². The van der Waals surface area contributed by atoms with Gasteiger partial charge in [-0.2, -0.15) is 0 Å². The van der Waals surface area contributed by atoms with Crippen molar-refractivity contribution in [2.75, 3.05) is 39.3 Å². The summed E-state index contributed by atoms with van der Waals surface area (Å²) in [7, 11) is 0. The lowest BCUT2D eigenvalue weighted by molar-refractivity contribution is 0.0264. The zero-order valence-electron chi connectivity index (χ0n) is 15.6. The minimum Gasteiger partial charge on any atom is -0.378 e. The number of amides is 1. The number of hydrogen-bond acceptors (Lipinski definition) is 3. The number of carbonyl (C=O) groups is 1. The van der Waals surface area contributed by atoms with E-state index in [1.54, 1.807) is 12.1 Å². The van der Waals surface area contributed by atoms with Crippen molar-refractivity contribution in [3.8, 4) is 0 Å². The molecular weight excluding hydrogens is 396 g/mol. The van der Waals surface area contributed by atoms with Gasteiger partial charge >= 0.3 is 0 Å². The number of rotatable bonds is 7. The Hall–Kier alpha value is -1.60. The molecule has 0 unspecified atom stereocenters. The van der Waals surface area contributed by atoms with Crippen LogP contribution < -0.4 is 10.6 Å². The van der Waals surface area contributed by atoms with Crippen molar-refractivity contribution in [2.45, 2.75) is 32.8 Å². The minimum absolute atomic E-state index is 0.0739. The van der Waals surface area contributed by atoms with Gasteiger partial charge < -0.3 is 20.3 Å². The van der Waals surface area contributed by atoms with E-state index in [9.17, 15) is 4.79 Å². The molecule has 2 rings (SSSR count). The average Bonchev–Trinajstić information content (AvgIpc) is 2.65. The first kappa shape index (κ1) is 20.7. The van der Waals surface area contributed by atoms with Crippen LogP contribution in [-0.4, -0.2) is 62.2 Å². The second-order valence-electron chi connectivity index (χ2n) is 6.14.